The molecule has 1 amide bonds. The van der Waals surface area contributed by atoms with Gasteiger partial charge in [0.15, 0.2) is 0 Å². The first-order valence-corrected chi connectivity index (χ1v) is 8.90. The van der Waals surface area contributed by atoms with Crippen molar-refractivity contribution in [2.24, 2.45) is 0 Å². The minimum absolute atomic E-state index is 0.205. The second kappa shape index (κ2) is 6.68. The largest absolute Gasteiger partial charge is 0.340 e. The summed E-state index contributed by atoms with van der Waals surface area (Å²) in [5.74, 6) is 0.205. The molecule has 1 fully saturated rings. The first-order chi connectivity index (χ1) is 10.2. The number of aromatic nitrogens is 1. The number of carbonyl (C=O) groups is 1. The van der Waals surface area contributed by atoms with Crippen LogP contribution in [0.5, 0.6) is 0 Å². The topological polar surface area (TPSA) is 36.4 Å². The highest BCUT2D eigenvalue weighted by molar-refractivity contribution is 7.10. The second-order valence-electron chi connectivity index (χ2n) is 5.27. The zero-order valence-corrected chi connectivity index (χ0v) is 13.8. The molecule has 2 aromatic rings. The van der Waals surface area contributed by atoms with Gasteiger partial charge in [-0.15, -0.1) is 22.7 Å². The molecule has 0 radical (unpaired) electrons. The van der Waals surface area contributed by atoms with Crippen LogP contribution in [0.1, 0.15) is 15.6 Å². The maximum absolute atomic E-state index is 12.3. The fraction of sp³-hybridized carbons (Fsp3) is 0.467. The maximum atomic E-state index is 12.3. The molecule has 0 aliphatic carbocycles. The van der Waals surface area contributed by atoms with Crippen LogP contribution in [0.2, 0.25) is 0 Å². The predicted octanol–water partition coefficient (Wildman–Crippen LogP) is 2.40. The molecule has 0 atom stereocenters. The first kappa shape index (κ1) is 14.7. The van der Waals surface area contributed by atoms with Crippen molar-refractivity contribution in [3.05, 3.63) is 38.5 Å². The standard InChI is InChI=1S/C15H19N3OS2/c1-12-16-13(11-21-12)9-15(19)18-6-4-17(5-7-18)10-14-3-2-8-20-14/h2-3,8,11H,4-7,9-10H2,1H3. The van der Waals surface area contributed by atoms with Crippen LogP contribution in [0.4, 0.5) is 0 Å². The summed E-state index contributed by atoms with van der Waals surface area (Å²) in [6.45, 7) is 6.55. The summed E-state index contributed by atoms with van der Waals surface area (Å²) < 4.78 is 0. The van der Waals surface area contributed by atoms with Crippen LogP contribution in [-0.2, 0) is 17.8 Å². The molecule has 1 aliphatic rings. The molecular formula is C15H19N3OS2. The Balaban J connectivity index is 1.47. The maximum Gasteiger partial charge on any atom is 0.228 e. The van der Waals surface area contributed by atoms with Gasteiger partial charge in [0.2, 0.25) is 5.91 Å². The Labute approximate surface area is 133 Å². The molecule has 0 N–H and O–H groups in total. The van der Waals surface area contributed by atoms with Crippen LogP contribution in [0.25, 0.3) is 0 Å². The number of aryl methyl sites for hydroxylation is 1. The van der Waals surface area contributed by atoms with Gasteiger partial charge in [-0.25, -0.2) is 4.98 Å². The summed E-state index contributed by atoms with van der Waals surface area (Å²) in [7, 11) is 0. The fourth-order valence-electron chi connectivity index (χ4n) is 2.53. The smallest absolute Gasteiger partial charge is 0.228 e. The summed E-state index contributed by atoms with van der Waals surface area (Å²) >= 11 is 3.41. The molecule has 0 saturated carbocycles. The average molecular weight is 321 g/mol. The van der Waals surface area contributed by atoms with Crippen molar-refractivity contribution in [1.29, 1.82) is 0 Å². The van der Waals surface area contributed by atoms with Crippen LogP contribution in [-0.4, -0.2) is 46.9 Å². The van der Waals surface area contributed by atoms with Gasteiger partial charge < -0.3 is 4.90 Å². The van der Waals surface area contributed by atoms with Crippen molar-refractivity contribution < 1.29 is 4.79 Å². The van der Waals surface area contributed by atoms with Crippen molar-refractivity contribution in [3.63, 3.8) is 0 Å². The molecule has 0 bridgehead atoms. The van der Waals surface area contributed by atoms with Crippen LogP contribution in [0, 0.1) is 6.92 Å². The van der Waals surface area contributed by atoms with Gasteiger partial charge in [0, 0.05) is 43.0 Å². The second-order valence-corrected chi connectivity index (χ2v) is 7.37. The Bertz CT molecular complexity index is 586. The van der Waals surface area contributed by atoms with E-state index in [1.54, 1.807) is 22.7 Å². The summed E-state index contributed by atoms with van der Waals surface area (Å²) in [6, 6.07) is 4.27. The monoisotopic (exact) mass is 321 g/mol. The van der Waals surface area contributed by atoms with Gasteiger partial charge in [0.05, 0.1) is 17.1 Å². The van der Waals surface area contributed by atoms with Crippen LogP contribution < -0.4 is 0 Å². The molecule has 21 heavy (non-hydrogen) atoms. The third kappa shape index (κ3) is 3.90. The average Bonchev–Trinajstić information content (AvgIpc) is 3.12. The lowest BCUT2D eigenvalue weighted by Crippen LogP contribution is -2.48. The quantitative estimate of drug-likeness (QED) is 0.867. The minimum atomic E-state index is 0.205. The Kier molecular flexibility index (Phi) is 4.67. The normalized spacial score (nSPS) is 16.3. The number of nitrogens with zero attached hydrogens (tertiary/aromatic N) is 3. The van der Waals surface area contributed by atoms with Gasteiger partial charge in [0.25, 0.3) is 0 Å². The highest BCUT2D eigenvalue weighted by atomic mass is 32.1. The number of hydrogen-bond acceptors (Lipinski definition) is 5. The molecule has 1 saturated heterocycles. The number of hydrogen-bond donors (Lipinski definition) is 0. The molecule has 0 aromatic carbocycles. The Morgan fingerprint density at radius 3 is 2.71 bits per heavy atom. The zero-order valence-electron chi connectivity index (χ0n) is 12.1. The fourth-order valence-corrected chi connectivity index (χ4v) is 3.89. The van der Waals surface area contributed by atoms with E-state index < -0.39 is 0 Å². The number of piperazine rings is 1. The molecule has 0 spiro atoms. The Morgan fingerprint density at radius 2 is 2.10 bits per heavy atom. The van der Waals surface area contributed by atoms with E-state index >= 15 is 0 Å². The number of amides is 1. The molecule has 2 aromatic heterocycles. The van der Waals surface area contributed by atoms with E-state index in [1.807, 2.05) is 17.2 Å². The Morgan fingerprint density at radius 1 is 1.29 bits per heavy atom. The molecule has 4 nitrogen and oxygen atoms in total. The van der Waals surface area contributed by atoms with Crippen molar-refractivity contribution in [2.75, 3.05) is 26.2 Å². The van der Waals surface area contributed by atoms with Crippen molar-refractivity contribution in [1.82, 2.24) is 14.8 Å². The SMILES string of the molecule is Cc1nc(CC(=O)N2CCN(Cc3cccs3)CC2)cs1. The highest BCUT2D eigenvalue weighted by Gasteiger charge is 2.21. The molecule has 112 valence electrons. The van der Waals surface area contributed by atoms with Gasteiger partial charge >= 0.3 is 0 Å². The predicted molar refractivity (Wildman–Crippen MR) is 86.7 cm³/mol. The van der Waals surface area contributed by atoms with Crippen LogP contribution in [0.3, 0.4) is 0 Å². The lowest BCUT2D eigenvalue weighted by molar-refractivity contribution is -0.132. The van der Waals surface area contributed by atoms with Crippen LogP contribution >= 0.6 is 22.7 Å². The number of thiazole rings is 1. The number of rotatable bonds is 4. The Hall–Kier alpha value is -1.24. The van der Waals surface area contributed by atoms with Gasteiger partial charge in [-0.2, -0.15) is 0 Å². The third-order valence-corrected chi connectivity index (χ3v) is 5.37. The minimum Gasteiger partial charge on any atom is -0.340 e. The van der Waals surface area contributed by atoms with E-state index in [0.29, 0.717) is 6.42 Å². The first-order valence-electron chi connectivity index (χ1n) is 7.14. The molecule has 1 aliphatic heterocycles. The lowest BCUT2D eigenvalue weighted by Gasteiger charge is -2.34. The van der Waals surface area contributed by atoms with E-state index in [1.165, 1.54) is 4.88 Å². The highest BCUT2D eigenvalue weighted by Crippen LogP contribution is 2.14. The van der Waals surface area contributed by atoms with Gasteiger partial charge in [-0.3, -0.25) is 9.69 Å². The van der Waals surface area contributed by atoms with Crippen molar-refractivity contribution in [3.8, 4) is 0 Å². The molecule has 0 unspecified atom stereocenters. The molecule has 3 heterocycles. The molecule has 6 heteroatoms. The lowest BCUT2D eigenvalue weighted by atomic mass is 10.2. The van der Waals surface area contributed by atoms with E-state index in [4.69, 9.17) is 0 Å². The number of carbonyl (C=O) groups excluding carboxylic acids is 1. The third-order valence-electron chi connectivity index (χ3n) is 3.68. The summed E-state index contributed by atoms with van der Waals surface area (Å²) in [4.78, 5) is 22.4. The van der Waals surface area contributed by atoms with Crippen molar-refractivity contribution in [2.45, 2.75) is 19.9 Å². The van der Waals surface area contributed by atoms with E-state index in [0.717, 1.165) is 43.4 Å². The van der Waals surface area contributed by atoms with Gasteiger partial charge in [-0.05, 0) is 18.4 Å². The zero-order chi connectivity index (χ0) is 14.7. The van der Waals surface area contributed by atoms with E-state index in [2.05, 4.69) is 27.4 Å². The van der Waals surface area contributed by atoms with E-state index in [-0.39, 0.29) is 5.91 Å². The van der Waals surface area contributed by atoms with E-state index in [9.17, 15) is 4.79 Å². The van der Waals surface area contributed by atoms with Gasteiger partial charge in [-0.1, -0.05) is 6.07 Å². The van der Waals surface area contributed by atoms with Crippen molar-refractivity contribution >= 4 is 28.6 Å². The molecular weight excluding hydrogens is 302 g/mol. The van der Waals surface area contributed by atoms with Crippen LogP contribution in [0.15, 0.2) is 22.9 Å². The summed E-state index contributed by atoms with van der Waals surface area (Å²) in [5, 5.41) is 5.13. The number of thiophene rings is 1. The summed E-state index contributed by atoms with van der Waals surface area (Å²) in [5.41, 5.74) is 0.906. The molecule has 3 rings (SSSR count). The van der Waals surface area contributed by atoms with Gasteiger partial charge in [0.1, 0.15) is 0 Å². The summed E-state index contributed by atoms with van der Waals surface area (Å²) in [6.07, 6.45) is 0.440.